The molecule has 2 rings (SSSR count). The zero-order chi connectivity index (χ0) is 18.1. The van der Waals surface area contributed by atoms with E-state index in [9.17, 15) is 9.90 Å². The van der Waals surface area contributed by atoms with E-state index in [1.807, 2.05) is 12.1 Å². The third kappa shape index (κ3) is 5.90. The summed E-state index contributed by atoms with van der Waals surface area (Å²) in [6, 6.07) is 8.24. The molecule has 136 valence electrons. The van der Waals surface area contributed by atoms with Crippen molar-refractivity contribution in [3.8, 4) is 11.8 Å². The molecule has 0 spiro atoms. The Morgan fingerprint density at radius 3 is 2.52 bits per heavy atom. The van der Waals surface area contributed by atoms with Gasteiger partial charge in [-0.05, 0) is 49.3 Å². The van der Waals surface area contributed by atoms with Gasteiger partial charge in [-0.15, -0.1) is 0 Å². The van der Waals surface area contributed by atoms with E-state index in [0.717, 1.165) is 18.4 Å². The molecule has 3 N–H and O–H groups in total. The van der Waals surface area contributed by atoms with Gasteiger partial charge in [-0.2, -0.15) is 0 Å². The second kappa shape index (κ2) is 9.63. The Kier molecular flexibility index (Phi) is 7.52. The van der Waals surface area contributed by atoms with Gasteiger partial charge < -0.3 is 10.8 Å². The van der Waals surface area contributed by atoms with E-state index in [1.165, 1.54) is 44.1 Å². The predicted molar refractivity (Wildman–Crippen MR) is 102 cm³/mol. The minimum atomic E-state index is -1.06. The standard InChI is InChI=1S/C22H31NO2/c1-2-3-4-5-6-7-8-9-10-18-11-13-19(14-12-18)20-15-16-22(23,17-20)21(24)25/h11-14,20H,2-8,15-17,23H2,1H3,(H,24,25)/t20-,22+/m0/s1. The molecule has 2 atom stereocenters. The Morgan fingerprint density at radius 2 is 1.88 bits per heavy atom. The third-order valence-corrected chi connectivity index (χ3v) is 5.25. The number of benzene rings is 1. The number of nitrogens with two attached hydrogens (primary N) is 1. The summed E-state index contributed by atoms with van der Waals surface area (Å²) in [5.74, 6) is 5.85. The topological polar surface area (TPSA) is 63.3 Å². The van der Waals surface area contributed by atoms with Crippen LogP contribution in [0.15, 0.2) is 24.3 Å². The molecule has 1 aliphatic carbocycles. The van der Waals surface area contributed by atoms with Crippen LogP contribution >= 0.6 is 0 Å². The maximum atomic E-state index is 11.3. The first-order valence-electron chi connectivity index (χ1n) is 9.66. The molecule has 1 saturated carbocycles. The van der Waals surface area contributed by atoms with Gasteiger partial charge in [0, 0.05) is 12.0 Å². The SMILES string of the molecule is CCCCCCCCC#Cc1ccc([C@H]2CC[C@](N)(C(=O)O)C2)cc1. The highest BCUT2D eigenvalue weighted by atomic mass is 16.4. The molecule has 25 heavy (non-hydrogen) atoms. The first-order chi connectivity index (χ1) is 12.0. The number of unbranched alkanes of at least 4 members (excludes halogenated alkanes) is 6. The van der Waals surface area contributed by atoms with E-state index in [4.69, 9.17) is 5.73 Å². The van der Waals surface area contributed by atoms with Crippen LogP contribution in [0.1, 0.15) is 88.2 Å². The van der Waals surface area contributed by atoms with E-state index in [-0.39, 0.29) is 5.92 Å². The second-order valence-electron chi connectivity index (χ2n) is 7.34. The zero-order valence-corrected chi connectivity index (χ0v) is 15.4. The molecule has 1 aromatic carbocycles. The highest BCUT2D eigenvalue weighted by Gasteiger charge is 2.42. The van der Waals surface area contributed by atoms with Gasteiger partial charge in [0.15, 0.2) is 0 Å². The predicted octanol–water partition coefficient (Wildman–Crippen LogP) is 4.84. The molecule has 0 bridgehead atoms. The number of hydrogen-bond donors (Lipinski definition) is 2. The third-order valence-electron chi connectivity index (χ3n) is 5.25. The minimum Gasteiger partial charge on any atom is -0.480 e. The van der Waals surface area contributed by atoms with E-state index < -0.39 is 11.5 Å². The molecule has 0 amide bonds. The lowest BCUT2D eigenvalue weighted by Crippen LogP contribution is -2.45. The molecular formula is C22H31NO2. The van der Waals surface area contributed by atoms with Crippen molar-refractivity contribution in [1.82, 2.24) is 0 Å². The maximum Gasteiger partial charge on any atom is 0.323 e. The van der Waals surface area contributed by atoms with Crippen molar-refractivity contribution in [2.45, 2.75) is 82.6 Å². The summed E-state index contributed by atoms with van der Waals surface area (Å²) in [7, 11) is 0. The highest BCUT2D eigenvalue weighted by Crippen LogP contribution is 2.39. The summed E-state index contributed by atoms with van der Waals surface area (Å²) >= 11 is 0. The lowest BCUT2D eigenvalue weighted by Gasteiger charge is -2.18. The number of aliphatic carboxylic acids is 1. The average molecular weight is 341 g/mol. The molecule has 0 aromatic heterocycles. The van der Waals surface area contributed by atoms with Crippen LogP contribution in [0.3, 0.4) is 0 Å². The van der Waals surface area contributed by atoms with E-state index in [2.05, 4.69) is 30.9 Å². The summed E-state index contributed by atoms with van der Waals surface area (Å²) in [5.41, 5.74) is 7.12. The average Bonchev–Trinajstić information content (AvgIpc) is 3.02. The summed E-state index contributed by atoms with van der Waals surface area (Å²) in [4.78, 5) is 11.3. The quantitative estimate of drug-likeness (QED) is 0.525. The molecule has 1 aliphatic rings. The fraction of sp³-hybridized carbons (Fsp3) is 0.591. The van der Waals surface area contributed by atoms with Crippen molar-refractivity contribution in [2.24, 2.45) is 5.73 Å². The van der Waals surface area contributed by atoms with Crippen LogP contribution in [0.5, 0.6) is 0 Å². The Hall–Kier alpha value is -1.79. The first kappa shape index (κ1) is 19.5. The Balaban J connectivity index is 1.77. The van der Waals surface area contributed by atoms with Crippen molar-refractivity contribution in [3.63, 3.8) is 0 Å². The van der Waals surface area contributed by atoms with Gasteiger partial charge in [0.25, 0.3) is 0 Å². The molecule has 0 unspecified atom stereocenters. The van der Waals surface area contributed by atoms with Gasteiger partial charge in [-0.25, -0.2) is 0 Å². The second-order valence-corrected chi connectivity index (χ2v) is 7.34. The molecule has 0 radical (unpaired) electrons. The van der Waals surface area contributed by atoms with Crippen LogP contribution in [0.4, 0.5) is 0 Å². The van der Waals surface area contributed by atoms with E-state index in [0.29, 0.717) is 12.8 Å². The normalized spacial score (nSPS) is 22.4. The van der Waals surface area contributed by atoms with Crippen LogP contribution in [0.25, 0.3) is 0 Å². The lowest BCUT2D eigenvalue weighted by atomic mass is 9.93. The Bertz CT molecular complexity index is 611. The van der Waals surface area contributed by atoms with Gasteiger partial charge in [-0.3, -0.25) is 4.79 Å². The smallest absolute Gasteiger partial charge is 0.323 e. The van der Waals surface area contributed by atoms with E-state index >= 15 is 0 Å². The van der Waals surface area contributed by atoms with Crippen LogP contribution in [0.2, 0.25) is 0 Å². The molecule has 1 fully saturated rings. The van der Waals surface area contributed by atoms with E-state index in [1.54, 1.807) is 0 Å². The monoisotopic (exact) mass is 341 g/mol. The van der Waals surface area contributed by atoms with Gasteiger partial charge in [0.1, 0.15) is 5.54 Å². The van der Waals surface area contributed by atoms with Crippen LogP contribution < -0.4 is 5.73 Å². The fourth-order valence-corrected chi connectivity index (χ4v) is 3.55. The van der Waals surface area contributed by atoms with Crippen molar-refractivity contribution in [2.75, 3.05) is 0 Å². The number of carboxylic acids is 1. The number of hydrogen-bond acceptors (Lipinski definition) is 2. The molecule has 0 saturated heterocycles. The van der Waals surface area contributed by atoms with Crippen LogP contribution in [-0.4, -0.2) is 16.6 Å². The number of rotatable bonds is 8. The van der Waals surface area contributed by atoms with Crippen molar-refractivity contribution in [1.29, 1.82) is 0 Å². The highest BCUT2D eigenvalue weighted by molar-refractivity contribution is 5.79. The van der Waals surface area contributed by atoms with Crippen molar-refractivity contribution >= 4 is 5.97 Å². The zero-order valence-electron chi connectivity index (χ0n) is 15.4. The lowest BCUT2D eigenvalue weighted by molar-refractivity contribution is -0.143. The summed E-state index contributed by atoms with van der Waals surface area (Å²) in [6.07, 6.45) is 10.6. The molecular weight excluding hydrogens is 310 g/mol. The number of carbonyl (C=O) groups is 1. The Labute approximate surface area is 152 Å². The molecule has 0 heterocycles. The summed E-state index contributed by atoms with van der Waals surface area (Å²) < 4.78 is 0. The van der Waals surface area contributed by atoms with Gasteiger partial charge >= 0.3 is 5.97 Å². The van der Waals surface area contributed by atoms with Crippen molar-refractivity contribution < 1.29 is 9.90 Å². The van der Waals surface area contributed by atoms with Crippen molar-refractivity contribution in [3.05, 3.63) is 35.4 Å². The Morgan fingerprint density at radius 1 is 1.20 bits per heavy atom. The van der Waals surface area contributed by atoms with Crippen LogP contribution in [-0.2, 0) is 4.79 Å². The molecule has 1 aromatic rings. The minimum absolute atomic E-state index is 0.242. The number of carboxylic acid groups (broad SMARTS) is 1. The first-order valence-corrected chi connectivity index (χ1v) is 9.66. The maximum absolute atomic E-state index is 11.3. The van der Waals surface area contributed by atoms with Crippen LogP contribution in [0, 0.1) is 11.8 Å². The fourth-order valence-electron chi connectivity index (χ4n) is 3.55. The van der Waals surface area contributed by atoms with Gasteiger partial charge in [0.2, 0.25) is 0 Å². The molecule has 3 nitrogen and oxygen atoms in total. The largest absolute Gasteiger partial charge is 0.480 e. The van der Waals surface area contributed by atoms with Gasteiger partial charge in [0.05, 0.1) is 0 Å². The van der Waals surface area contributed by atoms with Gasteiger partial charge in [-0.1, -0.05) is 63.0 Å². The summed E-state index contributed by atoms with van der Waals surface area (Å²) in [6.45, 7) is 2.24. The summed E-state index contributed by atoms with van der Waals surface area (Å²) in [5, 5.41) is 9.24. The molecule has 3 heteroatoms. The molecule has 0 aliphatic heterocycles.